The number of aromatic amines is 1. The van der Waals surface area contributed by atoms with Crippen LogP contribution in [0.1, 0.15) is 28.6 Å². The molecule has 6 rings (SSSR count). The van der Waals surface area contributed by atoms with Gasteiger partial charge >= 0.3 is 0 Å². The fourth-order valence-electron chi connectivity index (χ4n) is 5.43. The molecule has 1 atom stereocenters. The third kappa shape index (κ3) is 5.00. The Morgan fingerprint density at radius 2 is 1.72 bits per heavy atom. The number of hydrogen-bond acceptors (Lipinski definition) is 7. The fourth-order valence-corrected chi connectivity index (χ4v) is 5.43. The van der Waals surface area contributed by atoms with Gasteiger partial charge in [0.05, 0.1) is 19.3 Å². The van der Waals surface area contributed by atoms with Crippen molar-refractivity contribution < 1.29 is 4.74 Å². The molecule has 198 valence electrons. The van der Waals surface area contributed by atoms with E-state index in [1.54, 1.807) is 7.11 Å². The van der Waals surface area contributed by atoms with Crippen LogP contribution in [0.3, 0.4) is 0 Å². The largest absolute Gasteiger partial charge is 0.495 e. The minimum atomic E-state index is -0.405. The van der Waals surface area contributed by atoms with Crippen molar-refractivity contribution in [3.05, 3.63) is 112 Å². The number of fused-ring (bicyclic) bond motifs is 1. The Morgan fingerprint density at radius 1 is 0.949 bits per heavy atom. The maximum absolute atomic E-state index is 13.5. The average molecular weight is 522 g/mol. The van der Waals surface area contributed by atoms with Crippen molar-refractivity contribution in [2.45, 2.75) is 19.5 Å². The third-order valence-electron chi connectivity index (χ3n) is 7.41. The Hall–Kier alpha value is -4.50. The van der Waals surface area contributed by atoms with E-state index in [0.717, 1.165) is 59.6 Å². The molecule has 3 aromatic carbocycles. The molecule has 2 aromatic heterocycles. The van der Waals surface area contributed by atoms with Crippen molar-refractivity contribution in [3.63, 3.8) is 0 Å². The quantitative estimate of drug-likeness (QED) is 0.348. The van der Waals surface area contributed by atoms with Crippen molar-refractivity contribution in [1.29, 1.82) is 0 Å². The molecule has 0 radical (unpaired) electrons. The second-order valence-electron chi connectivity index (χ2n) is 9.92. The second-order valence-corrected chi connectivity index (χ2v) is 9.92. The topological polar surface area (TPSA) is 92.2 Å². The summed E-state index contributed by atoms with van der Waals surface area (Å²) >= 11 is 0. The lowest BCUT2D eigenvalue weighted by atomic mass is 10.0. The van der Waals surface area contributed by atoms with Gasteiger partial charge in [-0.2, -0.15) is 0 Å². The van der Waals surface area contributed by atoms with Crippen LogP contribution in [-0.2, 0) is 6.54 Å². The molecule has 3 heterocycles. The molecule has 1 N–H and O–H groups in total. The van der Waals surface area contributed by atoms with Crippen LogP contribution in [0, 0.1) is 6.92 Å². The molecule has 0 spiro atoms. The highest BCUT2D eigenvalue weighted by atomic mass is 16.5. The van der Waals surface area contributed by atoms with Gasteiger partial charge in [-0.25, -0.2) is 4.68 Å². The highest BCUT2D eigenvalue weighted by Crippen LogP contribution is 2.32. The molecule has 1 aliphatic rings. The lowest BCUT2D eigenvalue weighted by Gasteiger charge is -2.40. The zero-order valence-electron chi connectivity index (χ0n) is 22.1. The van der Waals surface area contributed by atoms with E-state index in [9.17, 15) is 4.79 Å². The van der Waals surface area contributed by atoms with Crippen LogP contribution in [-0.4, -0.2) is 63.4 Å². The molecule has 0 unspecified atom stereocenters. The summed E-state index contributed by atoms with van der Waals surface area (Å²) in [6, 6.07) is 25.8. The van der Waals surface area contributed by atoms with Crippen molar-refractivity contribution >= 4 is 16.6 Å². The molecule has 5 aromatic rings. The first-order valence-electron chi connectivity index (χ1n) is 13.2. The van der Waals surface area contributed by atoms with Gasteiger partial charge < -0.3 is 14.6 Å². The number of nitrogens with one attached hydrogen (secondary N) is 1. The van der Waals surface area contributed by atoms with Gasteiger partial charge in [-0.15, -0.1) is 5.10 Å². The van der Waals surface area contributed by atoms with E-state index in [4.69, 9.17) is 4.74 Å². The zero-order valence-corrected chi connectivity index (χ0v) is 22.1. The summed E-state index contributed by atoms with van der Waals surface area (Å²) in [5, 5.41) is 13.9. The standard InChI is InChI=1S/C30H31N7O2/c1-21-12-13-25-23(18-21)19-24(30(38)31-25)28(29-32-33-34-37(29)20-22-8-4-3-5-9-22)36-16-14-35(15-17-36)26-10-6-7-11-27(26)39-2/h3-13,18-19,28H,14-17,20H2,1-2H3,(H,31,38)/t28-/m0/s1. The van der Waals surface area contributed by atoms with E-state index in [0.29, 0.717) is 17.9 Å². The molecule has 0 bridgehead atoms. The summed E-state index contributed by atoms with van der Waals surface area (Å²) < 4.78 is 7.42. The molecule has 1 saturated heterocycles. The normalized spacial score (nSPS) is 15.0. The van der Waals surface area contributed by atoms with Gasteiger partial charge in [0.15, 0.2) is 5.82 Å². The van der Waals surface area contributed by atoms with Gasteiger partial charge in [0.1, 0.15) is 11.8 Å². The maximum Gasteiger partial charge on any atom is 0.253 e. The minimum absolute atomic E-state index is 0.127. The second kappa shape index (κ2) is 10.7. The number of tetrazole rings is 1. The van der Waals surface area contributed by atoms with Crippen molar-refractivity contribution in [2.75, 3.05) is 38.2 Å². The number of aryl methyl sites for hydroxylation is 1. The Kier molecular flexibility index (Phi) is 6.81. The molecule has 0 aliphatic carbocycles. The summed E-state index contributed by atoms with van der Waals surface area (Å²) in [6.07, 6.45) is 0. The number of anilines is 1. The number of methoxy groups -OCH3 is 1. The third-order valence-corrected chi connectivity index (χ3v) is 7.41. The van der Waals surface area contributed by atoms with Crippen molar-refractivity contribution in [3.8, 4) is 5.75 Å². The van der Waals surface area contributed by atoms with Crippen LogP contribution < -0.4 is 15.2 Å². The molecule has 9 nitrogen and oxygen atoms in total. The molecular formula is C30H31N7O2. The Morgan fingerprint density at radius 3 is 2.51 bits per heavy atom. The summed E-state index contributed by atoms with van der Waals surface area (Å²) in [4.78, 5) is 21.3. The van der Waals surface area contributed by atoms with Gasteiger partial charge in [-0.3, -0.25) is 9.69 Å². The van der Waals surface area contributed by atoms with E-state index >= 15 is 0 Å². The van der Waals surface area contributed by atoms with Crippen LogP contribution in [0.2, 0.25) is 0 Å². The highest BCUT2D eigenvalue weighted by molar-refractivity contribution is 5.79. The Balaban J connectivity index is 1.39. The number of benzene rings is 3. The molecule has 0 saturated carbocycles. The SMILES string of the molecule is COc1ccccc1N1CCN([C@@H](c2cc3cc(C)ccc3[nH]c2=O)c2nnnn2Cc2ccccc2)CC1. The summed E-state index contributed by atoms with van der Waals surface area (Å²) in [5.74, 6) is 1.51. The Bertz CT molecular complexity index is 1640. The lowest BCUT2D eigenvalue weighted by molar-refractivity contribution is 0.200. The van der Waals surface area contributed by atoms with Gasteiger partial charge in [0.25, 0.3) is 5.56 Å². The number of aromatic nitrogens is 5. The molecule has 39 heavy (non-hydrogen) atoms. The average Bonchev–Trinajstić information content (AvgIpc) is 3.42. The summed E-state index contributed by atoms with van der Waals surface area (Å²) in [5.41, 5.74) is 4.63. The predicted octanol–water partition coefficient (Wildman–Crippen LogP) is 3.79. The first kappa shape index (κ1) is 24.8. The number of hydrogen-bond donors (Lipinski definition) is 1. The maximum atomic E-state index is 13.5. The molecule has 1 aliphatic heterocycles. The van der Waals surface area contributed by atoms with Crippen LogP contribution in [0.5, 0.6) is 5.75 Å². The van der Waals surface area contributed by atoms with E-state index < -0.39 is 6.04 Å². The van der Waals surface area contributed by atoms with E-state index in [1.165, 1.54) is 0 Å². The van der Waals surface area contributed by atoms with E-state index in [-0.39, 0.29) is 5.56 Å². The molecule has 0 amide bonds. The van der Waals surface area contributed by atoms with Crippen molar-refractivity contribution in [1.82, 2.24) is 30.1 Å². The minimum Gasteiger partial charge on any atom is -0.495 e. The predicted molar refractivity (Wildman–Crippen MR) is 151 cm³/mol. The molecule has 9 heteroatoms. The van der Waals surface area contributed by atoms with Crippen LogP contribution >= 0.6 is 0 Å². The number of nitrogens with zero attached hydrogens (tertiary/aromatic N) is 6. The summed E-state index contributed by atoms with van der Waals surface area (Å²) in [6.45, 7) is 5.59. The van der Waals surface area contributed by atoms with Crippen LogP contribution in [0.15, 0.2) is 83.7 Å². The van der Waals surface area contributed by atoms with Gasteiger partial charge in [-0.05, 0) is 58.6 Å². The Labute approximate surface area is 226 Å². The number of pyridine rings is 1. The van der Waals surface area contributed by atoms with Gasteiger partial charge in [0.2, 0.25) is 0 Å². The number of para-hydroxylation sites is 2. The first-order chi connectivity index (χ1) is 19.1. The monoisotopic (exact) mass is 521 g/mol. The van der Waals surface area contributed by atoms with E-state index in [1.807, 2.05) is 59.3 Å². The van der Waals surface area contributed by atoms with Crippen LogP contribution in [0.4, 0.5) is 5.69 Å². The van der Waals surface area contributed by atoms with Crippen molar-refractivity contribution in [2.24, 2.45) is 0 Å². The first-order valence-corrected chi connectivity index (χ1v) is 13.2. The zero-order chi connectivity index (χ0) is 26.8. The van der Waals surface area contributed by atoms with E-state index in [2.05, 4.69) is 61.5 Å². The van der Waals surface area contributed by atoms with Gasteiger partial charge in [0, 0.05) is 37.3 Å². The fraction of sp³-hybridized carbons (Fsp3) is 0.267. The lowest BCUT2D eigenvalue weighted by Crippen LogP contribution is -2.49. The van der Waals surface area contributed by atoms with Crippen LogP contribution in [0.25, 0.3) is 10.9 Å². The number of ether oxygens (including phenoxy) is 1. The number of H-pyrrole nitrogens is 1. The van der Waals surface area contributed by atoms with Gasteiger partial charge in [-0.1, -0.05) is 54.1 Å². The molecular weight excluding hydrogens is 490 g/mol. The highest BCUT2D eigenvalue weighted by Gasteiger charge is 2.33. The summed E-state index contributed by atoms with van der Waals surface area (Å²) in [7, 11) is 1.70. The molecule has 1 fully saturated rings. The number of rotatable bonds is 7. The number of piperazine rings is 1. The smallest absolute Gasteiger partial charge is 0.253 e.